The summed E-state index contributed by atoms with van der Waals surface area (Å²) >= 11 is 0. The lowest BCUT2D eigenvalue weighted by Gasteiger charge is -2.36. The quantitative estimate of drug-likeness (QED) is 0.827. The van der Waals surface area contributed by atoms with Crippen molar-refractivity contribution in [2.24, 2.45) is 11.8 Å². The third-order valence-electron chi connectivity index (χ3n) is 4.91. The molecule has 0 bridgehead atoms. The van der Waals surface area contributed by atoms with Crippen LogP contribution in [0.1, 0.15) is 52.0 Å². The molecule has 0 spiro atoms. The van der Waals surface area contributed by atoms with Crippen LogP contribution in [0, 0.1) is 11.8 Å². The third-order valence-corrected chi connectivity index (χ3v) is 4.91. The maximum atomic E-state index is 10.4. The zero-order chi connectivity index (χ0) is 16.8. The van der Waals surface area contributed by atoms with Crippen molar-refractivity contribution in [1.82, 2.24) is 4.90 Å². The van der Waals surface area contributed by atoms with Crippen LogP contribution in [0.3, 0.4) is 0 Å². The Balaban J connectivity index is 1.86. The molecule has 3 heteroatoms. The Morgan fingerprint density at radius 2 is 1.87 bits per heavy atom. The first-order valence-electron chi connectivity index (χ1n) is 9.11. The molecule has 1 aliphatic heterocycles. The molecular weight excluding hydrogens is 286 g/mol. The molecule has 0 radical (unpaired) electrons. The molecule has 1 aliphatic rings. The summed E-state index contributed by atoms with van der Waals surface area (Å²) in [6.07, 6.45) is 1.95. The Kier molecular flexibility index (Phi) is 6.91. The largest absolute Gasteiger partial charge is 0.491 e. The van der Waals surface area contributed by atoms with Gasteiger partial charge in [0.2, 0.25) is 0 Å². The van der Waals surface area contributed by atoms with E-state index in [0.717, 1.165) is 37.1 Å². The van der Waals surface area contributed by atoms with Gasteiger partial charge in [0.1, 0.15) is 18.5 Å². The molecule has 0 aromatic heterocycles. The van der Waals surface area contributed by atoms with Gasteiger partial charge in [0.15, 0.2) is 0 Å². The fourth-order valence-electron chi connectivity index (χ4n) is 3.72. The molecule has 1 saturated heterocycles. The van der Waals surface area contributed by atoms with Gasteiger partial charge in [0, 0.05) is 19.6 Å². The summed E-state index contributed by atoms with van der Waals surface area (Å²) in [5.41, 5.74) is 1.24. The number of hydrogen-bond acceptors (Lipinski definition) is 3. The van der Waals surface area contributed by atoms with Gasteiger partial charge in [-0.2, -0.15) is 0 Å². The van der Waals surface area contributed by atoms with Crippen LogP contribution in [0.15, 0.2) is 24.3 Å². The second kappa shape index (κ2) is 8.70. The molecule has 0 amide bonds. The van der Waals surface area contributed by atoms with E-state index in [0.29, 0.717) is 19.1 Å². The number of aliphatic hydroxyl groups is 1. The zero-order valence-corrected chi connectivity index (χ0v) is 15.2. The lowest BCUT2D eigenvalue weighted by molar-refractivity contribution is 0.0426. The average Bonchev–Trinajstić information content (AvgIpc) is 2.51. The third kappa shape index (κ3) is 5.50. The molecule has 130 valence electrons. The van der Waals surface area contributed by atoms with E-state index in [9.17, 15) is 5.11 Å². The highest BCUT2D eigenvalue weighted by Gasteiger charge is 2.23. The summed E-state index contributed by atoms with van der Waals surface area (Å²) in [4.78, 5) is 2.38. The van der Waals surface area contributed by atoms with Crippen molar-refractivity contribution in [2.75, 3.05) is 26.2 Å². The van der Waals surface area contributed by atoms with Gasteiger partial charge in [-0.15, -0.1) is 0 Å². The molecule has 1 aromatic rings. The normalized spacial score (nSPS) is 25.1. The van der Waals surface area contributed by atoms with E-state index in [1.54, 1.807) is 0 Å². The van der Waals surface area contributed by atoms with Crippen molar-refractivity contribution in [3.8, 4) is 5.75 Å². The first-order valence-corrected chi connectivity index (χ1v) is 9.11. The van der Waals surface area contributed by atoms with Gasteiger partial charge in [-0.3, -0.25) is 0 Å². The first kappa shape index (κ1) is 18.3. The van der Waals surface area contributed by atoms with Gasteiger partial charge in [-0.1, -0.05) is 45.9 Å². The van der Waals surface area contributed by atoms with Gasteiger partial charge in [0.25, 0.3) is 0 Å². The van der Waals surface area contributed by atoms with Crippen molar-refractivity contribution < 1.29 is 9.84 Å². The fourth-order valence-corrected chi connectivity index (χ4v) is 3.72. The van der Waals surface area contributed by atoms with E-state index in [2.05, 4.69) is 44.7 Å². The van der Waals surface area contributed by atoms with Gasteiger partial charge in [-0.05, 0) is 42.2 Å². The summed E-state index contributed by atoms with van der Waals surface area (Å²) in [7, 11) is 0. The molecule has 3 nitrogen and oxygen atoms in total. The Labute approximate surface area is 141 Å². The number of hydrogen-bond donors (Lipinski definition) is 1. The number of rotatable bonds is 7. The second-order valence-electron chi connectivity index (χ2n) is 7.48. The molecule has 0 unspecified atom stereocenters. The minimum Gasteiger partial charge on any atom is -0.491 e. The molecule has 23 heavy (non-hydrogen) atoms. The van der Waals surface area contributed by atoms with Crippen LogP contribution in [-0.4, -0.2) is 42.4 Å². The SMILES string of the molecule is CC[C@@H](C)c1ccccc1OC[C@@H](O)CN1C[C@H](C)C[C@H](C)C1. The lowest BCUT2D eigenvalue weighted by atomic mass is 9.92. The summed E-state index contributed by atoms with van der Waals surface area (Å²) in [6, 6.07) is 8.20. The topological polar surface area (TPSA) is 32.7 Å². The summed E-state index contributed by atoms with van der Waals surface area (Å²) < 4.78 is 5.94. The zero-order valence-electron chi connectivity index (χ0n) is 15.2. The number of piperidine rings is 1. The van der Waals surface area contributed by atoms with Gasteiger partial charge < -0.3 is 14.7 Å². The standard InChI is InChI=1S/C20H33NO2/c1-5-17(4)19-8-6-7-9-20(19)23-14-18(22)13-21-11-15(2)10-16(3)12-21/h6-9,15-18,22H,5,10-14H2,1-4H3/t15-,16+,17-,18+/m1/s1. The Hall–Kier alpha value is -1.06. The lowest BCUT2D eigenvalue weighted by Crippen LogP contribution is -2.44. The van der Waals surface area contributed by atoms with Crippen molar-refractivity contribution >= 4 is 0 Å². The van der Waals surface area contributed by atoms with E-state index in [1.807, 2.05) is 12.1 Å². The minimum absolute atomic E-state index is 0.368. The molecule has 2 rings (SSSR count). The highest BCUT2D eigenvalue weighted by atomic mass is 16.5. The molecule has 4 atom stereocenters. The Morgan fingerprint density at radius 1 is 1.22 bits per heavy atom. The molecular formula is C20H33NO2. The number of benzene rings is 1. The van der Waals surface area contributed by atoms with Crippen molar-refractivity contribution in [2.45, 2.75) is 52.6 Å². The summed E-state index contributed by atoms with van der Waals surface area (Å²) in [5, 5.41) is 10.4. The second-order valence-corrected chi connectivity index (χ2v) is 7.48. The number of aliphatic hydroxyl groups excluding tert-OH is 1. The number of ether oxygens (including phenoxy) is 1. The van der Waals surface area contributed by atoms with Gasteiger partial charge in [0.05, 0.1) is 0 Å². The maximum absolute atomic E-state index is 10.4. The monoisotopic (exact) mass is 319 g/mol. The maximum Gasteiger partial charge on any atom is 0.122 e. The van der Waals surface area contributed by atoms with Gasteiger partial charge >= 0.3 is 0 Å². The molecule has 1 fully saturated rings. The molecule has 1 heterocycles. The molecule has 0 saturated carbocycles. The smallest absolute Gasteiger partial charge is 0.122 e. The number of nitrogens with zero attached hydrogens (tertiary/aromatic N) is 1. The van der Waals surface area contributed by atoms with Crippen molar-refractivity contribution in [3.63, 3.8) is 0 Å². The van der Waals surface area contributed by atoms with Crippen LogP contribution in [0.2, 0.25) is 0 Å². The van der Waals surface area contributed by atoms with Crippen LogP contribution < -0.4 is 4.74 Å². The van der Waals surface area contributed by atoms with Gasteiger partial charge in [-0.25, -0.2) is 0 Å². The highest BCUT2D eigenvalue weighted by molar-refractivity contribution is 5.35. The van der Waals surface area contributed by atoms with Crippen LogP contribution in [-0.2, 0) is 0 Å². The highest BCUT2D eigenvalue weighted by Crippen LogP contribution is 2.28. The predicted molar refractivity (Wildman–Crippen MR) is 96.0 cm³/mol. The van der Waals surface area contributed by atoms with E-state index in [4.69, 9.17) is 4.74 Å². The van der Waals surface area contributed by atoms with E-state index >= 15 is 0 Å². The van der Waals surface area contributed by atoms with Crippen molar-refractivity contribution in [1.29, 1.82) is 0 Å². The van der Waals surface area contributed by atoms with Crippen molar-refractivity contribution in [3.05, 3.63) is 29.8 Å². The number of para-hydroxylation sites is 1. The van der Waals surface area contributed by atoms with E-state index < -0.39 is 6.10 Å². The predicted octanol–water partition coefficient (Wildman–Crippen LogP) is 3.92. The van der Waals surface area contributed by atoms with Crippen LogP contribution in [0.4, 0.5) is 0 Å². The first-order chi connectivity index (χ1) is 11.0. The van der Waals surface area contributed by atoms with E-state index in [1.165, 1.54) is 12.0 Å². The average molecular weight is 319 g/mol. The Bertz CT molecular complexity index is 466. The fraction of sp³-hybridized carbons (Fsp3) is 0.700. The van der Waals surface area contributed by atoms with Crippen LogP contribution in [0.25, 0.3) is 0 Å². The van der Waals surface area contributed by atoms with E-state index in [-0.39, 0.29) is 0 Å². The number of β-amino-alcohol motifs (C(OH)–C–C–N with tert-alkyl or cyclic N) is 1. The summed E-state index contributed by atoms with van der Waals surface area (Å²) in [6.45, 7) is 12.3. The minimum atomic E-state index is -0.433. The summed E-state index contributed by atoms with van der Waals surface area (Å²) in [5.74, 6) is 2.84. The van der Waals surface area contributed by atoms with Crippen LogP contribution in [0.5, 0.6) is 5.75 Å². The number of likely N-dealkylation sites (tertiary alicyclic amines) is 1. The Morgan fingerprint density at radius 3 is 2.52 bits per heavy atom. The van der Waals surface area contributed by atoms with Crippen LogP contribution >= 0.6 is 0 Å². The molecule has 1 aromatic carbocycles. The molecule has 0 aliphatic carbocycles. The molecule has 1 N–H and O–H groups in total.